The molecule has 1 aliphatic carbocycles. The molecule has 0 aromatic heterocycles. The molecule has 3 aliphatic heterocycles. The first-order valence-corrected chi connectivity index (χ1v) is 18.8. The first kappa shape index (κ1) is 35.3. The summed E-state index contributed by atoms with van der Waals surface area (Å²) < 4.78 is 53.8. The maximum Gasteiger partial charge on any atom is 0.407 e. The number of benzene rings is 2. The number of carbonyl (C=O) groups excluding carboxylic acids is 1. The number of sulfonamides is 1. The molecule has 48 heavy (non-hydrogen) atoms. The Hall–Kier alpha value is -2.58. The van der Waals surface area contributed by atoms with Crippen LogP contribution in [0.3, 0.4) is 0 Å². The second-order valence-corrected chi connectivity index (χ2v) is 16.1. The van der Waals surface area contributed by atoms with Crippen LogP contribution in [0.5, 0.6) is 0 Å². The third kappa shape index (κ3) is 7.60. The van der Waals surface area contributed by atoms with E-state index in [1.807, 2.05) is 30.3 Å². The van der Waals surface area contributed by atoms with E-state index in [9.17, 15) is 23.4 Å². The highest BCUT2D eigenvalue weighted by molar-refractivity contribution is 7.89. The number of fused-ring (bicyclic) bond motifs is 2. The maximum atomic E-state index is 14.4. The van der Waals surface area contributed by atoms with Crippen LogP contribution in [0.2, 0.25) is 0 Å². The van der Waals surface area contributed by atoms with Gasteiger partial charge in [0.25, 0.3) is 0 Å². The highest BCUT2D eigenvalue weighted by Crippen LogP contribution is 2.57. The second kappa shape index (κ2) is 15.1. The number of aliphatic hydroxyl groups excluding tert-OH is 2. The van der Waals surface area contributed by atoms with Gasteiger partial charge in [-0.25, -0.2) is 13.2 Å². The molecular weight excluding hydrogens is 636 g/mol. The summed E-state index contributed by atoms with van der Waals surface area (Å²) in [7, 11) is -4.10. The van der Waals surface area contributed by atoms with Crippen LogP contribution in [0.25, 0.3) is 0 Å². The molecule has 6 rings (SSSR count). The van der Waals surface area contributed by atoms with Gasteiger partial charge >= 0.3 is 6.09 Å². The van der Waals surface area contributed by atoms with Gasteiger partial charge in [-0.05, 0) is 61.4 Å². The Morgan fingerprint density at radius 2 is 1.85 bits per heavy atom. The fraction of sp³-hybridized carbons (Fsp3) is 0.639. The predicted octanol–water partition coefficient (Wildman–Crippen LogP) is 4.31. The van der Waals surface area contributed by atoms with Gasteiger partial charge in [-0.2, -0.15) is 4.31 Å². The Kier molecular flexibility index (Phi) is 11.1. The van der Waals surface area contributed by atoms with Crippen molar-refractivity contribution in [2.24, 2.45) is 17.3 Å². The van der Waals surface area contributed by atoms with Gasteiger partial charge in [-0.15, -0.1) is 0 Å². The molecular formula is C36H50N2O9S. The summed E-state index contributed by atoms with van der Waals surface area (Å²) in [5.74, 6) is 0.228. The lowest BCUT2D eigenvalue weighted by Gasteiger charge is -2.33. The number of nitrogens with one attached hydrogen (secondary N) is 1. The van der Waals surface area contributed by atoms with Crippen LogP contribution < -0.4 is 5.32 Å². The van der Waals surface area contributed by atoms with Crippen LogP contribution in [-0.4, -0.2) is 86.5 Å². The van der Waals surface area contributed by atoms with Gasteiger partial charge in [0.15, 0.2) is 6.29 Å². The third-order valence-electron chi connectivity index (χ3n) is 10.7. The normalized spacial score (nSPS) is 30.9. The number of β-amino-alcohol motifs (C(OH)–C–C–N with tert-alkyl or cyclic N) is 1. The summed E-state index contributed by atoms with van der Waals surface area (Å²) in [5.41, 5.74) is 1.59. The lowest BCUT2D eigenvalue weighted by Crippen LogP contribution is -2.52. The molecule has 2 saturated heterocycles. The lowest BCUT2D eigenvalue weighted by atomic mass is 9.80. The molecule has 4 aliphatic rings. The molecule has 0 radical (unpaired) electrons. The number of aliphatic hydroxyl groups is 2. The Bertz CT molecular complexity index is 1500. The molecule has 2 aromatic carbocycles. The van der Waals surface area contributed by atoms with Crippen molar-refractivity contribution in [3.8, 4) is 0 Å². The first-order chi connectivity index (χ1) is 23.1. The van der Waals surface area contributed by atoms with Gasteiger partial charge in [0.05, 0.1) is 43.0 Å². The number of rotatable bonds is 8. The molecule has 12 heteroatoms. The van der Waals surface area contributed by atoms with Crippen molar-refractivity contribution in [1.29, 1.82) is 0 Å². The van der Waals surface area contributed by atoms with Crippen molar-refractivity contribution in [3.63, 3.8) is 0 Å². The van der Waals surface area contributed by atoms with Crippen LogP contribution in [0.15, 0.2) is 53.4 Å². The molecule has 264 valence electrons. The van der Waals surface area contributed by atoms with Crippen molar-refractivity contribution in [3.05, 3.63) is 65.2 Å². The van der Waals surface area contributed by atoms with Crippen LogP contribution in [-0.2, 0) is 42.0 Å². The zero-order chi connectivity index (χ0) is 33.9. The van der Waals surface area contributed by atoms with Crippen molar-refractivity contribution < 1.29 is 42.4 Å². The number of ether oxygens (including phenoxy) is 4. The fourth-order valence-corrected chi connectivity index (χ4v) is 9.58. The highest BCUT2D eigenvalue weighted by Gasteiger charge is 2.63. The molecule has 2 aromatic rings. The number of alkyl carbamates (subject to hydrolysis) is 1. The molecule has 2 bridgehead atoms. The quantitative estimate of drug-likeness (QED) is 0.370. The highest BCUT2D eigenvalue weighted by atomic mass is 32.2. The van der Waals surface area contributed by atoms with E-state index in [2.05, 4.69) is 12.2 Å². The van der Waals surface area contributed by atoms with E-state index in [0.29, 0.717) is 37.4 Å². The monoisotopic (exact) mass is 686 g/mol. The summed E-state index contributed by atoms with van der Waals surface area (Å²) in [6.45, 7) is 5.22. The SMILES string of the molecule is C[C@@H](O)c1ccc2c(c1)COCCCCCCCN(C[C@@H](O)[C@H](Cc1ccccc1)NC(=O)O[C@H]1C3CO[C@H]4OCC1(C)C4C3)S2(=O)=O. The van der Waals surface area contributed by atoms with E-state index in [0.717, 1.165) is 37.7 Å². The zero-order valence-electron chi connectivity index (χ0n) is 28.0. The fourth-order valence-electron chi connectivity index (χ4n) is 7.89. The van der Waals surface area contributed by atoms with Crippen LogP contribution in [0.4, 0.5) is 4.79 Å². The number of carbonyl (C=O) groups is 1. The number of nitrogens with zero attached hydrogens (tertiary/aromatic N) is 1. The molecule has 3 unspecified atom stereocenters. The summed E-state index contributed by atoms with van der Waals surface area (Å²) in [6, 6.07) is 13.5. The lowest BCUT2D eigenvalue weighted by molar-refractivity contribution is -0.170. The smallest absolute Gasteiger partial charge is 0.407 e. The molecule has 3 fully saturated rings. The van der Waals surface area contributed by atoms with Crippen LogP contribution in [0.1, 0.15) is 75.2 Å². The van der Waals surface area contributed by atoms with Gasteiger partial charge in [-0.1, -0.05) is 62.6 Å². The molecule has 0 spiro atoms. The summed E-state index contributed by atoms with van der Waals surface area (Å²) in [6.07, 6.45) is 2.07. The van der Waals surface area contributed by atoms with Gasteiger partial charge in [0.2, 0.25) is 10.0 Å². The van der Waals surface area contributed by atoms with Crippen LogP contribution in [0, 0.1) is 17.3 Å². The van der Waals surface area contributed by atoms with Gasteiger partial charge in [-0.3, -0.25) is 0 Å². The van der Waals surface area contributed by atoms with Crippen molar-refractivity contribution >= 4 is 16.1 Å². The van der Waals surface area contributed by atoms with E-state index in [4.69, 9.17) is 18.9 Å². The minimum atomic E-state index is -4.10. The standard InChI is InChI=1S/C36H50N2O9S/c1-24(39)26-13-14-32-27(18-26)21-44-16-10-5-3-4-9-15-38(48(32,42)43)20-31(40)30(17-25-11-7-6-8-12-25)37-35(41)47-33-28-19-29-34(45-22-28)46-23-36(29,33)2/h6-8,11-14,18,24,28-31,33-34,39-40H,3-5,9-10,15-17,19-23H2,1-2H3,(H,37,41)/t24-,28?,29?,30+,31-,33+,34+,36?/m1/s1. The Morgan fingerprint density at radius 1 is 1.08 bits per heavy atom. The third-order valence-corrected chi connectivity index (χ3v) is 12.6. The Balaban J connectivity index is 1.24. The number of hydrogen-bond donors (Lipinski definition) is 3. The average molecular weight is 687 g/mol. The first-order valence-electron chi connectivity index (χ1n) is 17.4. The summed E-state index contributed by atoms with van der Waals surface area (Å²) >= 11 is 0. The molecule has 3 heterocycles. The summed E-state index contributed by atoms with van der Waals surface area (Å²) in [5, 5.41) is 24.9. The zero-order valence-corrected chi connectivity index (χ0v) is 28.8. The van der Waals surface area contributed by atoms with E-state index < -0.39 is 40.5 Å². The second-order valence-electron chi connectivity index (χ2n) is 14.2. The van der Waals surface area contributed by atoms with Crippen molar-refractivity contribution in [2.75, 3.05) is 32.9 Å². The molecule has 1 amide bonds. The minimum absolute atomic E-state index is 0.0680. The van der Waals surface area contributed by atoms with Crippen molar-refractivity contribution in [2.45, 2.75) is 101 Å². The van der Waals surface area contributed by atoms with E-state index in [1.165, 1.54) is 10.4 Å². The Morgan fingerprint density at radius 3 is 2.65 bits per heavy atom. The summed E-state index contributed by atoms with van der Waals surface area (Å²) in [4.78, 5) is 13.7. The molecule has 1 saturated carbocycles. The predicted molar refractivity (Wildman–Crippen MR) is 177 cm³/mol. The maximum absolute atomic E-state index is 14.4. The molecule has 8 atom stereocenters. The van der Waals surface area contributed by atoms with E-state index >= 15 is 0 Å². The molecule has 11 nitrogen and oxygen atoms in total. The number of amides is 1. The van der Waals surface area contributed by atoms with Gasteiger partial charge in [0, 0.05) is 36.9 Å². The topological polar surface area (TPSA) is 144 Å². The van der Waals surface area contributed by atoms with Gasteiger partial charge < -0.3 is 34.5 Å². The molecule has 3 N–H and O–H groups in total. The largest absolute Gasteiger partial charge is 0.445 e. The van der Waals surface area contributed by atoms with E-state index in [-0.39, 0.29) is 54.6 Å². The average Bonchev–Trinajstić information content (AvgIpc) is 3.51. The van der Waals surface area contributed by atoms with Crippen LogP contribution >= 0.6 is 0 Å². The minimum Gasteiger partial charge on any atom is -0.445 e. The van der Waals surface area contributed by atoms with Gasteiger partial charge in [0.1, 0.15) is 6.10 Å². The Labute approximate surface area is 283 Å². The van der Waals surface area contributed by atoms with Crippen molar-refractivity contribution in [1.82, 2.24) is 9.62 Å². The van der Waals surface area contributed by atoms with E-state index in [1.54, 1.807) is 19.1 Å². The number of hydrogen-bond acceptors (Lipinski definition) is 9.